The Morgan fingerprint density at radius 2 is 1.76 bits per heavy atom. The number of ether oxygens (including phenoxy) is 2. The van der Waals surface area contributed by atoms with Crippen LogP contribution in [0.2, 0.25) is 10.0 Å². The number of esters is 1. The Kier molecular flexibility index (Phi) is 8.64. The molecule has 2 unspecified atom stereocenters. The van der Waals surface area contributed by atoms with Gasteiger partial charge in [-0.3, -0.25) is 9.59 Å². The first-order valence-electron chi connectivity index (χ1n) is 8.72. The van der Waals surface area contributed by atoms with Gasteiger partial charge in [-0.1, -0.05) is 23.2 Å². The van der Waals surface area contributed by atoms with Crippen molar-refractivity contribution < 1.29 is 19.1 Å². The van der Waals surface area contributed by atoms with E-state index in [1.54, 1.807) is 51.1 Å². The van der Waals surface area contributed by atoms with Crippen molar-refractivity contribution in [1.29, 1.82) is 0 Å². The van der Waals surface area contributed by atoms with Crippen molar-refractivity contribution in [3.8, 4) is 11.5 Å². The predicted molar refractivity (Wildman–Crippen MR) is 120 cm³/mol. The maximum absolute atomic E-state index is 11.9. The second-order valence-electron chi connectivity index (χ2n) is 6.14. The molecular formula is C20H19BrCl3NO4. The first-order chi connectivity index (χ1) is 13.6. The second-order valence-corrected chi connectivity index (χ2v) is 8.46. The Morgan fingerprint density at radius 1 is 1.14 bits per heavy atom. The monoisotopic (exact) mass is 521 g/mol. The quantitative estimate of drug-likeness (QED) is 0.321. The van der Waals surface area contributed by atoms with E-state index in [4.69, 9.17) is 44.3 Å². The van der Waals surface area contributed by atoms with Crippen LogP contribution in [0, 0.1) is 0 Å². The first kappa shape index (κ1) is 23.8. The smallest absolute Gasteiger partial charge is 0.313 e. The van der Waals surface area contributed by atoms with Gasteiger partial charge in [0.2, 0.25) is 5.91 Å². The fourth-order valence-electron chi connectivity index (χ4n) is 2.34. The van der Waals surface area contributed by atoms with Gasteiger partial charge in [-0.25, -0.2) is 0 Å². The van der Waals surface area contributed by atoms with Crippen molar-refractivity contribution in [2.75, 3.05) is 11.9 Å². The van der Waals surface area contributed by atoms with E-state index in [0.717, 1.165) is 0 Å². The summed E-state index contributed by atoms with van der Waals surface area (Å²) in [6, 6.07) is 8.22. The lowest BCUT2D eigenvalue weighted by Crippen LogP contribution is -2.20. The van der Waals surface area contributed by atoms with Gasteiger partial charge in [0.25, 0.3) is 0 Å². The van der Waals surface area contributed by atoms with Gasteiger partial charge >= 0.3 is 5.97 Å². The highest BCUT2D eigenvalue weighted by molar-refractivity contribution is 9.10. The highest BCUT2D eigenvalue weighted by Gasteiger charge is 2.20. The van der Waals surface area contributed by atoms with Crippen molar-refractivity contribution in [2.24, 2.45) is 0 Å². The van der Waals surface area contributed by atoms with E-state index in [-0.39, 0.29) is 27.7 Å². The van der Waals surface area contributed by atoms with Gasteiger partial charge in [0.05, 0.1) is 28.3 Å². The lowest BCUT2D eigenvalue weighted by molar-refractivity contribution is -0.144. The zero-order valence-electron chi connectivity index (χ0n) is 15.9. The molecule has 156 valence electrons. The molecule has 0 bridgehead atoms. The number of rotatable bonds is 7. The summed E-state index contributed by atoms with van der Waals surface area (Å²) in [4.78, 5) is 23.7. The van der Waals surface area contributed by atoms with Crippen LogP contribution >= 0.6 is 50.7 Å². The third kappa shape index (κ3) is 6.25. The third-order valence-electron chi connectivity index (χ3n) is 3.94. The standard InChI is InChI=1S/C20H19BrCl3NO4/c1-4-28-20(27)10(2)12-7-15(23)18(16(24)8-12)29-13-5-6-17(14(21)9-13)25-19(26)11(3)22/h5-11H,4H2,1-3H3,(H,25,26). The molecule has 1 amide bonds. The minimum atomic E-state index is -0.661. The van der Waals surface area contributed by atoms with Gasteiger partial charge < -0.3 is 14.8 Å². The molecule has 0 aliphatic rings. The van der Waals surface area contributed by atoms with Gasteiger partial charge in [-0.15, -0.1) is 11.6 Å². The van der Waals surface area contributed by atoms with E-state index in [2.05, 4.69) is 21.2 Å². The summed E-state index contributed by atoms with van der Waals surface area (Å²) >= 11 is 21.8. The number of hydrogen-bond acceptors (Lipinski definition) is 4. The van der Waals surface area contributed by atoms with Crippen LogP contribution in [-0.4, -0.2) is 23.9 Å². The number of hydrogen-bond donors (Lipinski definition) is 1. The molecule has 9 heteroatoms. The molecule has 0 aromatic heterocycles. The van der Waals surface area contributed by atoms with E-state index in [1.807, 2.05) is 0 Å². The Bertz CT molecular complexity index is 898. The summed E-state index contributed by atoms with van der Waals surface area (Å²) in [5.41, 5.74) is 1.17. The number of carbonyl (C=O) groups is 2. The molecule has 5 nitrogen and oxygen atoms in total. The Morgan fingerprint density at radius 3 is 2.28 bits per heavy atom. The third-order valence-corrected chi connectivity index (χ3v) is 5.36. The number of alkyl halides is 1. The topological polar surface area (TPSA) is 64.6 Å². The largest absolute Gasteiger partial charge is 0.466 e. The molecule has 0 saturated carbocycles. The maximum Gasteiger partial charge on any atom is 0.313 e. The molecule has 2 rings (SSSR count). The van der Waals surface area contributed by atoms with Crippen LogP contribution in [0.3, 0.4) is 0 Å². The van der Waals surface area contributed by atoms with Crippen LogP contribution in [0.15, 0.2) is 34.8 Å². The van der Waals surface area contributed by atoms with Crippen molar-refractivity contribution in [2.45, 2.75) is 32.1 Å². The highest BCUT2D eigenvalue weighted by Crippen LogP contribution is 2.40. The number of amides is 1. The van der Waals surface area contributed by atoms with Crippen LogP contribution in [0.25, 0.3) is 0 Å². The van der Waals surface area contributed by atoms with Crippen LogP contribution in [-0.2, 0) is 14.3 Å². The molecule has 0 aliphatic heterocycles. The highest BCUT2D eigenvalue weighted by atomic mass is 79.9. The fraction of sp³-hybridized carbons (Fsp3) is 0.300. The minimum Gasteiger partial charge on any atom is -0.466 e. The molecule has 0 fully saturated rings. The summed E-state index contributed by atoms with van der Waals surface area (Å²) in [7, 11) is 0. The molecule has 29 heavy (non-hydrogen) atoms. The normalized spacial score (nSPS) is 12.8. The number of carbonyl (C=O) groups excluding carboxylic acids is 2. The Labute approximate surface area is 192 Å². The minimum absolute atomic E-state index is 0.256. The average Bonchev–Trinajstić information content (AvgIpc) is 2.65. The Balaban J connectivity index is 2.23. The molecule has 0 spiro atoms. The van der Waals surface area contributed by atoms with E-state index < -0.39 is 11.3 Å². The number of nitrogens with one attached hydrogen (secondary N) is 1. The lowest BCUT2D eigenvalue weighted by Gasteiger charge is -2.16. The molecular weight excluding hydrogens is 504 g/mol. The van der Waals surface area contributed by atoms with Gasteiger partial charge in [0, 0.05) is 4.47 Å². The van der Waals surface area contributed by atoms with E-state index >= 15 is 0 Å². The molecule has 0 saturated heterocycles. The SMILES string of the molecule is CCOC(=O)C(C)c1cc(Cl)c(Oc2ccc(NC(=O)C(C)Cl)c(Br)c2)c(Cl)c1. The summed E-state index contributed by atoms with van der Waals surface area (Å²) in [6.07, 6.45) is 0. The number of halogens is 4. The van der Waals surface area contributed by atoms with Gasteiger partial charge in [-0.2, -0.15) is 0 Å². The van der Waals surface area contributed by atoms with E-state index in [1.165, 1.54) is 0 Å². The maximum atomic E-state index is 11.9. The number of anilines is 1. The molecule has 0 heterocycles. The van der Waals surface area contributed by atoms with Crippen molar-refractivity contribution in [1.82, 2.24) is 0 Å². The van der Waals surface area contributed by atoms with Gasteiger partial charge in [0.1, 0.15) is 11.1 Å². The molecule has 1 N–H and O–H groups in total. The fourth-order valence-corrected chi connectivity index (χ4v) is 3.43. The van der Waals surface area contributed by atoms with Crippen molar-refractivity contribution in [3.63, 3.8) is 0 Å². The summed E-state index contributed by atoms with van der Waals surface area (Å²) in [5, 5.41) is 2.55. The van der Waals surface area contributed by atoms with Crippen LogP contribution < -0.4 is 10.1 Å². The van der Waals surface area contributed by atoms with Gasteiger partial charge in [-0.05, 0) is 72.6 Å². The predicted octanol–water partition coefficient (Wildman–Crippen LogP) is 6.78. The first-order valence-corrected chi connectivity index (χ1v) is 10.7. The second kappa shape index (κ2) is 10.5. The lowest BCUT2D eigenvalue weighted by atomic mass is 10.0. The summed E-state index contributed by atoms with van der Waals surface area (Å²) in [6.45, 7) is 5.33. The molecule has 2 aromatic rings. The average molecular weight is 524 g/mol. The summed E-state index contributed by atoms with van der Waals surface area (Å²) in [5.74, 6) is -0.491. The molecule has 0 aliphatic carbocycles. The zero-order chi connectivity index (χ0) is 21.7. The van der Waals surface area contributed by atoms with Crippen LogP contribution in [0.5, 0.6) is 11.5 Å². The van der Waals surface area contributed by atoms with E-state index in [0.29, 0.717) is 28.1 Å². The van der Waals surface area contributed by atoms with Crippen LogP contribution in [0.1, 0.15) is 32.3 Å². The summed E-state index contributed by atoms with van der Waals surface area (Å²) < 4.78 is 11.5. The van der Waals surface area contributed by atoms with Gasteiger partial charge in [0.15, 0.2) is 5.75 Å². The zero-order valence-corrected chi connectivity index (χ0v) is 19.7. The molecule has 2 atom stereocenters. The van der Waals surface area contributed by atoms with E-state index in [9.17, 15) is 9.59 Å². The van der Waals surface area contributed by atoms with Crippen molar-refractivity contribution >= 4 is 68.3 Å². The Hall–Kier alpha value is -1.47. The number of benzene rings is 2. The molecule has 0 radical (unpaired) electrons. The molecule has 2 aromatic carbocycles. The van der Waals surface area contributed by atoms with Crippen LogP contribution in [0.4, 0.5) is 5.69 Å². The van der Waals surface area contributed by atoms with Crippen molar-refractivity contribution in [3.05, 3.63) is 50.4 Å².